The van der Waals surface area contributed by atoms with Crippen molar-refractivity contribution < 1.29 is 27.8 Å². The minimum atomic E-state index is -2.49. The number of rotatable bonds is 5. The summed E-state index contributed by atoms with van der Waals surface area (Å²) in [5.74, 6) is -2.88. The Hall–Kier alpha value is -2.05. The Morgan fingerprint density at radius 1 is 1.57 bits per heavy atom. The van der Waals surface area contributed by atoms with E-state index < -0.39 is 35.0 Å². The first-order chi connectivity index (χ1) is 10.8. The van der Waals surface area contributed by atoms with Crippen molar-refractivity contribution in [1.82, 2.24) is 0 Å². The van der Waals surface area contributed by atoms with Gasteiger partial charge in [-0.05, 0) is 38.8 Å². The topological polar surface area (TPSA) is 58.9 Å². The molecular weight excluding hydrogens is 311 g/mol. The Kier molecular flexibility index (Phi) is 4.97. The molecule has 0 aromatic carbocycles. The summed E-state index contributed by atoms with van der Waals surface area (Å²) in [6.45, 7) is 2.52. The summed E-state index contributed by atoms with van der Waals surface area (Å²) >= 11 is 0. The Balaban J connectivity index is 2.43. The van der Waals surface area contributed by atoms with Crippen LogP contribution in [0.2, 0.25) is 0 Å². The fraction of sp³-hybridized carbons (Fsp3) is 0.500. The SMILES string of the molecule is CCOC(=O)/C(C=NC1CC1)=C(/O)C1=CC(C)(F)C(F)C=C1F. The maximum atomic E-state index is 14.0. The highest BCUT2D eigenvalue weighted by Crippen LogP contribution is 2.35. The van der Waals surface area contributed by atoms with Gasteiger partial charge in [-0.25, -0.2) is 18.0 Å². The first-order valence-corrected chi connectivity index (χ1v) is 7.33. The molecule has 4 nitrogen and oxygen atoms in total. The highest BCUT2D eigenvalue weighted by Gasteiger charge is 2.38. The molecule has 1 N–H and O–H groups in total. The molecule has 2 aliphatic rings. The molecule has 0 aromatic heterocycles. The fourth-order valence-corrected chi connectivity index (χ4v) is 1.96. The van der Waals surface area contributed by atoms with E-state index in [1.165, 1.54) is 0 Å². The predicted octanol–water partition coefficient (Wildman–Crippen LogP) is 3.45. The second-order valence-electron chi connectivity index (χ2n) is 5.62. The van der Waals surface area contributed by atoms with Crippen LogP contribution in [0, 0.1) is 0 Å². The van der Waals surface area contributed by atoms with Crippen molar-refractivity contribution >= 4 is 12.2 Å². The summed E-state index contributed by atoms with van der Waals surface area (Å²) in [7, 11) is 0. The van der Waals surface area contributed by atoms with Crippen LogP contribution < -0.4 is 0 Å². The number of halogens is 3. The minimum Gasteiger partial charge on any atom is -0.506 e. The van der Waals surface area contributed by atoms with Crippen molar-refractivity contribution in [3.8, 4) is 0 Å². The highest BCUT2D eigenvalue weighted by molar-refractivity contribution is 6.10. The van der Waals surface area contributed by atoms with E-state index in [-0.39, 0.29) is 18.2 Å². The van der Waals surface area contributed by atoms with E-state index in [4.69, 9.17) is 4.74 Å². The second kappa shape index (κ2) is 6.60. The first-order valence-electron chi connectivity index (χ1n) is 7.33. The van der Waals surface area contributed by atoms with E-state index >= 15 is 0 Å². The molecule has 2 atom stereocenters. The largest absolute Gasteiger partial charge is 0.506 e. The minimum absolute atomic E-state index is 0.0393. The molecule has 0 saturated heterocycles. The third kappa shape index (κ3) is 4.03. The van der Waals surface area contributed by atoms with Crippen LogP contribution in [0.15, 0.2) is 39.9 Å². The van der Waals surface area contributed by atoms with Crippen molar-refractivity contribution in [2.24, 2.45) is 4.99 Å². The van der Waals surface area contributed by atoms with Gasteiger partial charge in [-0.15, -0.1) is 0 Å². The predicted molar refractivity (Wildman–Crippen MR) is 79.5 cm³/mol. The van der Waals surface area contributed by atoms with Crippen molar-refractivity contribution in [2.75, 3.05) is 6.61 Å². The van der Waals surface area contributed by atoms with Gasteiger partial charge >= 0.3 is 5.97 Å². The molecule has 0 bridgehead atoms. The van der Waals surface area contributed by atoms with Crippen molar-refractivity contribution in [1.29, 1.82) is 0 Å². The lowest BCUT2D eigenvalue weighted by molar-refractivity contribution is -0.138. The number of carbonyl (C=O) groups is 1. The Bertz CT molecular complexity index is 616. The Morgan fingerprint density at radius 2 is 2.22 bits per heavy atom. The number of aliphatic imine (C=N–C) groups is 1. The Morgan fingerprint density at radius 3 is 2.78 bits per heavy atom. The highest BCUT2D eigenvalue weighted by atomic mass is 19.2. The average Bonchev–Trinajstić information content (AvgIpc) is 3.27. The lowest BCUT2D eigenvalue weighted by atomic mass is 9.90. The lowest BCUT2D eigenvalue weighted by Crippen LogP contribution is -2.31. The standard InChI is InChI=1S/C16H18F3NO3/c1-3-23-15(22)11(8-20-9-4-5-9)14(21)10-7-16(2,19)13(18)6-12(10)17/h6-9,13,21H,3-5H2,1-2H3/b14-11+,20-8?. The van der Waals surface area contributed by atoms with Crippen LogP contribution in [0.3, 0.4) is 0 Å². The molecule has 2 aliphatic carbocycles. The van der Waals surface area contributed by atoms with Crippen LogP contribution in [0.25, 0.3) is 0 Å². The molecule has 0 aromatic rings. The van der Waals surface area contributed by atoms with Crippen molar-refractivity contribution in [3.63, 3.8) is 0 Å². The number of alkyl halides is 2. The van der Waals surface area contributed by atoms with Crippen LogP contribution >= 0.6 is 0 Å². The molecule has 2 rings (SSSR count). The third-order valence-corrected chi connectivity index (χ3v) is 3.48. The van der Waals surface area contributed by atoms with Gasteiger partial charge in [0.15, 0.2) is 11.8 Å². The average molecular weight is 329 g/mol. The lowest BCUT2D eigenvalue weighted by Gasteiger charge is -2.24. The molecule has 23 heavy (non-hydrogen) atoms. The van der Waals surface area contributed by atoms with Crippen LogP contribution in [0.1, 0.15) is 26.7 Å². The molecule has 0 radical (unpaired) electrons. The molecule has 7 heteroatoms. The number of hydrogen-bond acceptors (Lipinski definition) is 4. The van der Waals surface area contributed by atoms with Crippen molar-refractivity contribution in [3.05, 3.63) is 34.9 Å². The molecule has 0 spiro atoms. The second-order valence-corrected chi connectivity index (χ2v) is 5.62. The van der Waals surface area contributed by atoms with Gasteiger partial charge in [-0.1, -0.05) is 0 Å². The summed E-state index contributed by atoms with van der Waals surface area (Å²) in [5.41, 5.74) is -3.47. The summed E-state index contributed by atoms with van der Waals surface area (Å²) in [6.07, 6.45) is 1.67. The van der Waals surface area contributed by atoms with Crippen molar-refractivity contribution in [2.45, 2.75) is 44.6 Å². The van der Waals surface area contributed by atoms with Gasteiger partial charge in [0.2, 0.25) is 0 Å². The van der Waals surface area contributed by atoms with Gasteiger partial charge in [0.1, 0.15) is 17.2 Å². The number of allylic oxidation sites excluding steroid dienone is 3. The van der Waals surface area contributed by atoms with E-state index in [1.54, 1.807) is 6.92 Å². The number of hydrogen-bond donors (Lipinski definition) is 1. The van der Waals surface area contributed by atoms with Gasteiger partial charge < -0.3 is 9.84 Å². The zero-order valence-corrected chi connectivity index (χ0v) is 12.9. The molecule has 2 unspecified atom stereocenters. The number of ether oxygens (including phenoxy) is 1. The van der Waals surface area contributed by atoms with E-state index in [0.29, 0.717) is 12.2 Å². The smallest absolute Gasteiger partial charge is 0.343 e. The van der Waals surface area contributed by atoms with Crippen LogP contribution in [-0.2, 0) is 9.53 Å². The zero-order valence-electron chi connectivity index (χ0n) is 12.9. The maximum absolute atomic E-state index is 14.0. The molecule has 0 amide bonds. The van der Waals surface area contributed by atoms with Crippen LogP contribution in [0.5, 0.6) is 0 Å². The fourth-order valence-electron chi connectivity index (χ4n) is 1.96. The van der Waals surface area contributed by atoms with Crippen LogP contribution in [0.4, 0.5) is 13.2 Å². The zero-order chi connectivity index (χ0) is 17.2. The monoisotopic (exact) mass is 329 g/mol. The number of nitrogens with zero attached hydrogens (tertiary/aromatic N) is 1. The number of carbonyl (C=O) groups excluding carboxylic acids is 1. The first kappa shape index (κ1) is 17.3. The van der Waals surface area contributed by atoms with Gasteiger partial charge in [-0.2, -0.15) is 0 Å². The molecule has 126 valence electrons. The summed E-state index contributed by atoms with van der Waals surface area (Å²) in [5, 5.41) is 10.2. The van der Waals surface area contributed by atoms with E-state index in [2.05, 4.69) is 4.99 Å². The van der Waals surface area contributed by atoms with Crippen LogP contribution in [-0.4, -0.2) is 41.8 Å². The molecular formula is C16H18F3NO3. The number of aliphatic hydroxyl groups is 1. The molecule has 1 fully saturated rings. The van der Waals surface area contributed by atoms with Gasteiger partial charge in [-0.3, -0.25) is 4.99 Å². The van der Waals surface area contributed by atoms with E-state index in [1.807, 2.05) is 0 Å². The molecule has 1 saturated carbocycles. The summed E-state index contributed by atoms with van der Waals surface area (Å²) in [6, 6.07) is 0.0506. The molecule has 0 aliphatic heterocycles. The van der Waals surface area contributed by atoms with Gasteiger partial charge in [0.05, 0.1) is 18.2 Å². The van der Waals surface area contributed by atoms with E-state index in [0.717, 1.165) is 26.0 Å². The van der Waals surface area contributed by atoms with Gasteiger partial charge in [0.25, 0.3) is 0 Å². The third-order valence-electron chi connectivity index (χ3n) is 3.48. The summed E-state index contributed by atoms with van der Waals surface area (Å²) < 4.78 is 46.2. The maximum Gasteiger partial charge on any atom is 0.343 e. The normalized spacial score (nSPS) is 29.0. The molecule has 0 heterocycles. The number of aliphatic hydroxyl groups excluding tert-OH is 1. The Labute approximate surface area is 132 Å². The number of esters is 1. The van der Waals surface area contributed by atoms with E-state index in [9.17, 15) is 23.1 Å². The quantitative estimate of drug-likeness (QED) is 0.364. The summed E-state index contributed by atoms with van der Waals surface area (Å²) in [4.78, 5) is 16.0. The van der Waals surface area contributed by atoms with Gasteiger partial charge in [0, 0.05) is 6.21 Å².